The summed E-state index contributed by atoms with van der Waals surface area (Å²) in [5, 5.41) is 10.4. The van der Waals surface area contributed by atoms with E-state index in [0.29, 0.717) is 6.42 Å². The number of nitrogens with zero attached hydrogens (tertiary/aromatic N) is 1. The van der Waals surface area contributed by atoms with Crippen LogP contribution in [0.4, 0.5) is 0 Å². The molecule has 0 aliphatic heterocycles. The summed E-state index contributed by atoms with van der Waals surface area (Å²) in [6, 6.07) is 14.1. The molecule has 2 nitrogen and oxygen atoms in total. The fraction of sp³-hybridized carbons (Fsp3) is 0.312. The van der Waals surface area contributed by atoms with E-state index in [0.717, 1.165) is 16.6 Å². The Morgan fingerprint density at radius 2 is 1.89 bits per heavy atom. The molecule has 1 aromatic carbocycles. The van der Waals surface area contributed by atoms with Crippen molar-refractivity contribution in [1.29, 1.82) is 0 Å². The van der Waals surface area contributed by atoms with Crippen molar-refractivity contribution in [3.05, 3.63) is 64.4 Å². The van der Waals surface area contributed by atoms with Crippen LogP contribution in [-0.2, 0) is 6.42 Å². The van der Waals surface area contributed by atoms with Crippen LogP contribution in [-0.4, -0.2) is 16.2 Å². The van der Waals surface area contributed by atoms with Gasteiger partial charge in [-0.1, -0.05) is 37.3 Å². The lowest BCUT2D eigenvalue weighted by Crippen LogP contribution is -2.21. The standard InChI is InChI=1S/C16H18BrNO/c1-2-15(12-6-4-3-5-7-12)16(19)10-14-9-8-13(17)11-18-14/h3-9,11,15-16,19H,2,10H2,1H3. The van der Waals surface area contributed by atoms with Crippen molar-refractivity contribution < 1.29 is 5.11 Å². The van der Waals surface area contributed by atoms with E-state index in [4.69, 9.17) is 0 Å². The highest BCUT2D eigenvalue weighted by Gasteiger charge is 2.19. The molecule has 0 aliphatic carbocycles. The Kier molecular flexibility index (Phi) is 5.11. The van der Waals surface area contributed by atoms with E-state index in [9.17, 15) is 5.11 Å². The average Bonchev–Trinajstić information content (AvgIpc) is 2.43. The number of aliphatic hydroxyl groups excluding tert-OH is 1. The molecule has 0 fully saturated rings. The van der Waals surface area contributed by atoms with Crippen LogP contribution in [0.5, 0.6) is 0 Å². The Morgan fingerprint density at radius 1 is 1.16 bits per heavy atom. The van der Waals surface area contributed by atoms with Crippen molar-refractivity contribution in [3.63, 3.8) is 0 Å². The van der Waals surface area contributed by atoms with Gasteiger partial charge in [0.05, 0.1) is 6.10 Å². The van der Waals surface area contributed by atoms with Crippen LogP contribution in [0.25, 0.3) is 0 Å². The molecular weight excluding hydrogens is 302 g/mol. The van der Waals surface area contributed by atoms with E-state index < -0.39 is 6.10 Å². The van der Waals surface area contributed by atoms with Gasteiger partial charge in [0.25, 0.3) is 0 Å². The third-order valence-electron chi connectivity index (χ3n) is 3.34. The lowest BCUT2D eigenvalue weighted by Gasteiger charge is -2.21. The molecule has 0 spiro atoms. The lowest BCUT2D eigenvalue weighted by atomic mass is 9.88. The van der Waals surface area contributed by atoms with Crippen LogP contribution in [0.15, 0.2) is 53.1 Å². The summed E-state index contributed by atoms with van der Waals surface area (Å²) in [6.07, 6.45) is 2.87. The molecule has 100 valence electrons. The summed E-state index contributed by atoms with van der Waals surface area (Å²) in [6.45, 7) is 2.11. The number of aliphatic hydroxyl groups is 1. The second kappa shape index (κ2) is 6.83. The first kappa shape index (κ1) is 14.2. The molecular formula is C16H18BrNO. The molecule has 0 saturated heterocycles. The summed E-state index contributed by atoms with van der Waals surface area (Å²) in [7, 11) is 0. The summed E-state index contributed by atoms with van der Waals surface area (Å²) in [5.41, 5.74) is 2.11. The Bertz CT molecular complexity index is 498. The smallest absolute Gasteiger partial charge is 0.0663 e. The predicted octanol–water partition coefficient (Wildman–Crippen LogP) is 3.94. The molecule has 0 bridgehead atoms. The predicted molar refractivity (Wildman–Crippen MR) is 81.1 cm³/mol. The summed E-state index contributed by atoms with van der Waals surface area (Å²) in [4.78, 5) is 4.32. The minimum absolute atomic E-state index is 0.159. The van der Waals surface area contributed by atoms with Gasteiger partial charge in [-0.3, -0.25) is 4.98 Å². The van der Waals surface area contributed by atoms with Crippen LogP contribution in [0.2, 0.25) is 0 Å². The number of aromatic nitrogens is 1. The first-order chi connectivity index (χ1) is 9.20. The highest BCUT2D eigenvalue weighted by atomic mass is 79.9. The van der Waals surface area contributed by atoms with Crippen molar-refractivity contribution in [1.82, 2.24) is 4.98 Å². The van der Waals surface area contributed by atoms with Gasteiger partial charge in [0.2, 0.25) is 0 Å². The van der Waals surface area contributed by atoms with Crippen molar-refractivity contribution >= 4 is 15.9 Å². The number of hydrogen-bond acceptors (Lipinski definition) is 2. The van der Waals surface area contributed by atoms with Gasteiger partial charge in [-0.2, -0.15) is 0 Å². The average molecular weight is 320 g/mol. The molecule has 3 heteroatoms. The van der Waals surface area contributed by atoms with Gasteiger partial charge in [-0.25, -0.2) is 0 Å². The van der Waals surface area contributed by atoms with E-state index in [1.807, 2.05) is 30.3 Å². The minimum Gasteiger partial charge on any atom is -0.392 e. The van der Waals surface area contributed by atoms with E-state index in [2.05, 4.69) is 40.0 Å². The van der Waals surface area contributed by atoms with Crippen molar-refractivity contribution in [2.24, 2.45) is 0 Å². The van der Waals surface area contributed by atoms with Gasteiger partial charge >= 0.3 is 0 Å². The Hall–Kier alpha value is -1.19. The van der Waals surface area contributed by atoms with Gasteiger partial charge in [0.15, 0.2) is 0 Å². The zero-order valence-electron chi connectivity index (χ0n) is 11.0. The molecule has 2 atom stereocenters. The number of rotatable bonds is 5. The summed E-state index contributed by atoms with van der Waals surface area (Å²) in [5.74, 6) is 0.159. The highest BCUT2D eigenvalue weighted by molar-refractivity contribution is 9.10. The van der Waals surface area contributed by atoms with Crippen LogP contribution in [0, 0.1) is 0 Å². The monoisotopic (exact) mass is 319 g/mol. The zero-order chi connectivity index (χ0) is 13.7. The van der Waals surface area contributed by atoms with Gasteiger partial charge in [-0.15, -0.1) is 0 Å². The van der Waals surface area contributed by atoms with Crippen LogP contribution in [0.3, 0.4) is 0 Å². The number of hydrogen-bond donors (Lipinski definition) is 1. The summed E-state index contributed by atoms with van der Waals surface area (Å²) >= 11 is 3.37. The Labute approximate surface area is 122 Å². The van der Waals surface area contributed by atoms with Gasteiger partial charge in [0, 0.05) is 28.7 Å². The fourth-order valence-electron chi connectivity index (χ4n) is 2.31. The molecule has 2 rings (SSSR count). The maximum Gasteiger partial charge on any atom is 0.0663 e. The maximum absolute atomic E-state index is 10.4. The van der Waals surface area contributed by atoms with E-state index in [1.54, 1.807) is 6.20 Å². The molecule has 19 heavy (non-hydrogen) atoms. The van der Waals surface area contributed by atoms with Gasteiger partial charge in [-0.05, 0) is 40.0 Å². The SMILES string of the molecule is CCC(c1ccccc1)C(O)Cc1ccc(Br)cn1. The number of benzene rings is 1. The lowest BCUT2D eigenvalue weighted by molar-refractivity contribution is 0.139. The quantitative estimate of drug-likeness (QED) is 0.905. The molecule has 1 heterocycles. The first-order valence-corrected chi connectivity index (χ1v) is 7.33. The van der Waals surface area contributed by atoms with E-state index in [-0.39, 0.29) is 5.92 Å². The topological polar surface area (TPSA) is 33.1 Å². The molecule has 2 unspecified atom stereocenters. The molecule has 0 aliphatic rings. The molecule has 0 saturated carbocycles. The molecule has 1 N–H and O–H groups in total. The van der Waals surface area contributed by atoms with E-state index >= 15 is 0 Å². The van der Waals surface area contributed by atoms with Crippen LogP contribution in [0.1, 0.15) is 30.5 Å². The Morgan fingerprint density at radius 3 is 2.47 bits per heavy atom. The normalized spacial score (nSPS) is 14.1. The van der Waals surface area contributed by atoms with Crippen LogP contribution < -0.4 is 0 Å². The summed E-state index contributed by atoms with van der Waals surface area (Å²) < 4.78 is 0.959. The minimum atomic E-state index is -0.402. The van der Waals surface area contributed by atoms with Crippen molar-refractivity contribution in [3.8, 4) is 0 Å². The zero-order valence-corrected chi connectivity index (χ0v) is 12.5. The maximum atomic E-state index is 10.4. The number of pyridine rings is 1. The van der Waals surface area contributed by atoms with Gasteiger partial charge < -0.3 is 5.11 Å². The molecule has 0 amide bonds. The van der Waals surface area contributed by atoms with Crippen molar-refractivity contribution in [2.45, 2.75) is 31.8 Å². The third-order valence-corrected chi connectivity index (χ3v) is 3.81. The van der Waals surface area contributed by atoms with Crippen molar-refractivity contribution in [2.75, 3.05) is 0 Å². The fourth-order valence-corrected chi connectivity index (χ4v) is 2.55. The second-order valence-corrected chi connectivity index (χ2v) is 5.58. The highest BCUT2D eigenvalue weighted by Crippen LogP contribution is 2.25. The second-order valence-electron chi connectivity index (χ2n) is 4.66. The molecule has 1 aromatic heterocycles. The molecule has 0 radical (unpaired) electrons. The van der Waals surface area contributed by atoms with E-state index in [1.165, 1.54) is 5.56 Å². The first-order valence-electron chi connectivity index (χ1n) is 6.54. The van der Waals surface area contributed by atoms with Gasteiger partial charge in [0.1, 0.15) is 0 Å². The number of halogens is 1. The Balaban J connectivity index is 2.09. The largest absolute Gasteiger partial charge is 0.392 e. The van der Waals surface area contributed by atoms with Crippen LogP contribution >= 0.6 is 15.9 Å². The molecule has 2 aromatic rings. The third kappa shape index (κ3) is 3.88.